The van der Waals surface area contributed by atoms with Crippen LogP contribution in [0.1, 0.15) is 5.56 Å². The normalized spacial score (nSPS) is 10.1. The number of halogens is 1. The first-order valence-corrected chi connectivity index (χ1v) is 7.07. The van der Waals surface area contributed by atoms with E-state index >= 15 is 0 Å². The number of aromatic nitrogens is 5. The topological polar surface area (TPSA) is 68.8 Å². The lowest BCUT2D eigenvalue weighted by atomic mass is 10.1. The predicted octanol–water partition coefficient (Wildman–Crippen LogP) is 2.16. The Kier molecular flexibility index (Phi) is 5.24. The molecule has 21 heavy (non-hydrogen) atoms. The maximum Gasteiger partial charge on any atom is 0.128 e. The van der Waals surface area contributed by atoms with E-state index in [1.807, 2.05) is 44.7 Å². The SMILES string of the molecule is Cn1ccc(-c2cncc(CO)c2)n1.Cn1ccc(Br)n1. The minimum atomic E-state index is 0.00761. The van der Waals surface area contributed by atoms with Crippen molar-refractivity contribution in [1.29, 1.82) is 0 Å². The highest BCUT2D eigenvalue weighted by Crippen LogP contribution is 2.16. The minimum absolute atomic E-state index is 0.00761. The van der Waals surface area contributed by atoms with Gasteiger partial charge in [0.2, 0.25) is 0 Å². The van der Waals surface area contributed by atoms with Gasteiger partial charge < -0.3 is 5.11 Å². The van der Waals surface area contributed by atoms with Crippen molar-refractivity contribution in [2.24, 2.45) is 14.1 Å². The second-order valence-electron chi connectivity index (χ2n) is 4.43. The van der Waals surface area contributed by atoms with Gasteiger partial charge in [0.05, 0.1) is 12.3 Å². The molecule has 0 aliphatic heterocycles. The van der Waals surface area contributed by atoms with Gasteiger partial charge in [0.25, 0.3) is 0 Å². The summed E-state index contributed by atoms with van der Waals surface area (Å²) in [6.45, 7) is 0.00761. The van der Waals surface area contributed by atoms with Gasteiger partial charge in [-0.1, -0.05) is 0 Å². The molecule has 110 valence electrons. The monoisotopic (exact) mass is 349 g/mol. The number of rotatable bonds is 2. The van der Waals surface area contributed by atoms with E-state index in [1.165, 1.54) is 0 Å². The Morgan fingerprint density at radius 1 is 1.10 bits per heavy atom. The van der Waals surface area contributed by atoms with E-state index in [2.05, 4.69) is 31.1 Å². The minimum Gasteiger partial charge on any atom is -0.392 e. The van der Waals surface area contributed by atoms with Crippen molar-refractivity contribution in [3.8, 4) is 11.3 Å². The molecular formula is C14H16BrN5O. The molecule has 0 saturated heterocycles. The van der Waals surface area contributed by atoms with E-state index in [4.69, 9.17) is 5.11 Å². The summed E-state index contributed by atoms with van der Waals surface area (Å²) in [5.41, 5.74) is 2.60. The molecule has 7 heteroatoms. The molecule has 0 aliphatic rings. The molecule has 3 aromatic rings. The Labute approximate surface area is 131 Å². The van der Waals surface area contributed by atoms with Crippen molar-refractivity contribution < 1.29 is 5.11 Å². The molecule has 0 amide bonds. The van der Waals surface area contributed by atoms with Gasteiger partial charge in [-0.05, 0) is 39.7 Å². The van der Waals surface area contributed by atoms with Crippen molar-refractivity contribution in [3.05, 3.63) is 53.2 Å². The van der Waals surface area contributed by atoms with Crippen LogP contribution in [0, 0.1) is 0 Å². The Bertz CT molecular complexity index is 690. The van der Waals surface area contributed by atoms with Gasteiger partial charge in [-0.15, -0.1) is 0 Å². The summed E-state index contributed by atoms with van der Waals surface area (Å²) in [4.78, 5) is 4.03. The second-order valence-corrected chi connectivity index (χ2v) is 5.24. The number of hydrogen-bond donors (Lipinski definition) is 1. The fourth-order valence-corrected chi connectivity index (χ4v) is 2.04. The van der Waals surface area contributed by atoms with Crippen LogP contribution >= 0.6 is 15.9 Å². The average molecular weight is 350 g/mol. The third kappa shape index (κ3) is 4.51. The first kappa shape index (κ1) is 15.4. The average Bonchev–Trinajstić information content (AvgIpc) is 3.08. The molecule has 1 N–H and O–H groups in total. The van der Waals surface area contributed by atoms with Crippen molar-refractivity contribution in [1.82, 2.24) is 24.5 Å². The maximum absolute atomic E-state index is 8.95. The number of nitrogens with zero attached hydrogens (tertiary/aromatic N) is 5. The number of pyridine rings is 1. The summed E-state index contributed by atoms with van der Waals surface area (Å²) in [6.07, 6.45) is 7.14. The maximum atomic E-state index is 8.95. The number of aryl methyl sites for hydroxylation is 2. The van der Waals surface area contributed by atoms with Gasteiger partial charge in [0.15, 0.2) is 0 Å². The molecule has 0 bridgehead atoms. The Morgan fingerprint density at radius 2 is 1.81 bits per heavy atom. The van der Waals surface area contributed by atoms with Crippen LogP contribution in [0.25, 0.3) is 11.3 Å². The zero-order valence-electron chi connectivity index (χ0n) is 11.8. The number of aliphatic hydroxyl groups is 1. The summed E-state index contributed by atoms with van der Waals surface area (Å²) in [5.74, 6) is 0. The molecule has 3 rings (SSSR count). The molecule has 0 saturated carbocycles. The fourth-order valence-electron chi connectivity index (χ4n) is 1.67. The van der Waals surface area contributed by atoms with Crippen molar-refractivity contribution in [2.75, 3.05) is 0 Å². The summed E-state index contributed by atoms with van der Waals surface area (Å²) >= 11 is 3.20. The van der Waals surface area contributed by atoms with Crippen LogP contribution in [0.5, 0.6) is 0 Å². The first-order chi connectivity index (χ1) is 10.1. The van der Waals surface area contributed by atoms with Crippen molar-refractivity contribution in [2.45, 2.75) is 6.61 Å². The summed E-state index contributed by atoms with van der Waals surface area (Å²) < 4.78 is 4.36. The van der Waals surface area contributed by atoms with Crippen LogP contribution in [-0.4, -0.2) is 29.7 Å². The first-order valence-electron chi connectivity index (χ1n) is 6.28. The fraction of sp³-hybridized carbons (Fsp3) is 0.214. The van der Waals surface area contributed by atoms with Gasteiger partial charge in [-0.2, -0.15) is 10.2 Å². The van der Waals surface area contributed by atoms with Crippen LogP contribution < -0.4 is 0 Å². The highest BCUT2D eigenvalue weighted by molar-refractivity contribution is 9.10. The Hall–Kier alpha value is -1.99. The lowest BCUT2D eigenvalue weighted by Crippen LogP contribution is -1.90. The molecule has 0 atom stereocenters. The third-order valence-electron chi connectivity index (χ3n) is 2.67. The van der Waals surface area contributed by atoms with E-state index in [9.17, 15) is 0 Å². The van der Waals surface area contributed by atoms with Gasteiger partial charge in [-0.25, -0.2) is 0 Å². The van der Waals surface area contributed by atoms with E-state index < -0.39 is 0 Å². The lowest BCUT2D eigenvalue weighted by molar-refractivity contribution is 0.281. The van der Waals surface area contributed by atoms with Crippen LogP contribution in [-0.2, 0) is 20.7 Å². The van der Waals surface area contributed by atoms with E-state index in [1.54, 1.807) is 21.8 Å². The number of hydrogen-bond acceptors (Lipinski definition) is 4. The molecule has 0 aromatic carbocycles. The van der Waals surface area contributed by atoms with Gasteiger partial charge in [0.1, 0.15) is 4.60 Å². The van der Waals surface area contributed by atoms with Crippen LogP contribution in [0.2, 0.25) is 0 Å². The number of aliphatic hydroxyl groups excluding tert-OH is 1. The Balaban J connectivity index is 0.000000194. The van der Waals surface area contributed by atoms with E-state index in [0.717, 1.165) is 21.4 Å². The smallest absolute Gasteiger partial charge is 0.128 e. The highest BCUT2D eigenvalue weighted by atomic mass is 79.9. The molecular weight excluding hydrogens is 334 g/mol. The predicted molar refractivity (Wildman–Crippen MR) is 83.3 cm³/mol. The van der Waals surface area contributed by atoms with E-state index in [0.29, 0.717) is 0 Å². The van der Waals surface area contributed by atoms with Crippen LogP contribution in [0.3, 0.4) is 0 Å². The molecule has 0 aliphatic carbocycles. The quantitative estimate of drug-likeness (QED) is 0.769. The molecule has 0 spiro atoms. The molecule has 3 aromatic heterocycles. The van der Waals surface area contributed by atoms with Gasteiger partial charge >= 0.3 is 0 Å². The summed E-state index contributed by atoms with van der Waals surface area (Å²) in [6, 6.07) is 5.69. The van der Waals surface area contributed by atoms with Gasteiger partial charge in [0, 0.05) is 44.4 Å². The molecule has 3 heterocycles. The van der Waals surface area contributed by atoms with E-state index in [-0.39, 0.29) is 6.61 Å². The summed E-state index contributed by atoms with van der Waals surface area (Å²) in [5, 5.41) is 17.1. The van der Waals surface area contributed by atoms with Crippen LogP contribution in [0.4, 0.5) is 0 Å². The van der Waals surface area contributed by atoms with Crippen LogP contribution in [0.15, 0.2) is 47.6 Å². The zero-order chi connectivity index (χ0) is 15.2. The van der Waals surface area contributed by atoms with Crippen molar-refractivity contribution >= 4 is 15.9 Å². The lowest BCUT2D eigenvalue weighted by Gasteiger charge is -1.98. The third-order valence-corrected chi connectivity index (χ3v) is 3.09. The molecule has 0 fully saturated rings. The molecule has 0 radical (unpaired) electrons. The van der Waals surface area contributed by atoms with Gasteiger partial charge in [-0.3, -0.25) is 14.3 Å². The standard InChI is InChI=1S/C10H11N3O.C4H5BrN2/c1-13-3-2-10(12-13)9-4-8(7-14)5-11-6-9;1-7-3-2-4(5)6-7/h2-6,14H,7H2,1H3;2-3H,1H3. The molecule has 0 unspecified atom stereocenters. The Morgan fingerprint density at radius 3 is 2.29 bits per heavy atom. The van der Waals surface area contributed by atoms with Crippen molar-refractivity contribution in [3.63, 3.8) is 0 Å². The second kappa shape index (κ2) is 7.14. The highest BCUT2D eigenvalue weighted by Gasteiger charge is 2.02. The summed E-state index contributed by atoms with van der Waals surface area (Å²) in [7, 11) is 3.75. The molecule has 6 nitrogen and oxygen atoms in total. The zero-order valence-corrected chi connectivity index (χ0v) is 13.4. The largest absolute Gasteiger partial charge is 0.392 e.